The normalized spacial score (nSPS) is 12.1. The van der Waals surface area contributed by atoms with Gasteiger partial charge < -0.3 is 4.74 Å². The van der Waals surface area contributed by atoms with Crippen molar-refractivity contribution in [1.82, 2.24) is 0 Å². The van der Waals surface area contributed by atoms with Crippen LogP contribution >= 0.6 is 11.3 Å². The summed E-state index contributed by atoms with van der Waals surface area (Å²) in [4.78, 5) is 3.12. The van der Waals surface area contributed by atoms with Crippen LogP contribution in [0, 0.1) is 11.6 Å². The number of rotatable bonds is 5. The molecule has 1 heterocycles. The van der Waals surface area contributed by atoms with Gasteiger partial charge in [0.25, 0.3) is 0 Å². The molecule has 0 fully saturated rings. The van der Waals surface area contributed by atoms with Crippen LogP contribution in [0.4, 0.5) is 13.9 Å². The predicted octanol–water partition coefficient (Wildman–Crippen LogP) is 3.81. The Morgan fingerprint density at radius 3 is 2.50 bits per heavy atom. The monoisotopic (exact) mass is 347 g/mol. The van der Waals surface area contributed by atoms with Crippen molar-refractivity contribution in [1.29, 1.82) is 0 Å². The SMILES string of the molecule is COc1ccc(C(Cc2ccc(F)cc2F)c2csc(N)[nH+]2)cc1. The van der Waals surface area contributed by atoms with Crippen molar-refractivity contribution in [2.45, 2.75) is 12.3 Å². The number of nitrogens with two attached hydrogens (primary N) is 1. The number of hydrogen-bond acceptors (Lipinski definition) is 3. The van der Waals surface area contributed by atoms with Crippen molar-refractivity contribution in [3.8, 4) is 5.75 Å². The Kier molecular flexibility index (Phi) is 4.76. The minimum Gasteiger partial charge on any atom is -0.497 e. The molecule has 0 aliphatic rings. The molecule has 3 rings (SSSR count). The van der Waals surface area contributed by atoms with Crippen LogP contribution in [0.2, 0.25) is 0 Å². The number of halogens is 2. The van der Waals surface area contributed by atoms with E-state index in [1.54, 1.807) is 7.11 Å². The first-order valence-electron chi connectivity index (χ1n) is 7.41. The number of anilines is 1. The predicted molar refractivity (Wildman–Crippen MR) is 90.2 cm³/mol. The molecule has 2 aromatic carbocycles. The Morgan fingerprint density at radius 2 is 1.92 bits per heavy atom. The van der Waals surface area contributed by atoms with Crippen molar-refractivity contribution in [2.75, 3.05) is 12.8 Å². The molecule has 3 aromatic rings. The Morgan fingerprint density at radius 1 is 1.17 bits per heavy atom. The quantitative estimate of drug-likeness (QED) is 0.763. The molecule has 0 aliphatic heterocycles. The van der Waals surface area contributed by atoms with E-state index in [1.165, 1.54) is 23.5 Å². The number of aromatic nitrogens is 1. The highest BCUT2D eigenvalue weighted by Gasteiger charge is 2.22. The Hall–Kier alpha value is -2.47. The lowest BCUT2D eigenvalue weighted by atomic mass is 9.89. The number of methoxy groups -OCH3 is 1. The molecule has 24 heavy (non-hydrogen) atoms. The van der Waals surface area contributed by atoms with E-state index in [2.05, 4.69) is 4.98 Å². The van der Waals surface area contributed by atoms with Crippen molar-refractivity contribution >= 4 is 16.5 Å². The molecule has 0 saturated heterocycles. The minimum atomic E-state index is -0.580. The molecule has 0 bridgehead atoms. The van der Waals surface area contributed by atoms with Crippen LogP contribution in [0.3, 0.4) is 0 Å². The maximum atomic E-state index is 14.1. The van der Waals surface area contributed by atoms with Gasteiger partial charge in [-0.3, -0.25) is 5.73 Å². The third-order valence-electron chi connectivity index (χ3n) is 3.91. The van der Waals surface area contributed by atoms with Gasteiger partial charge in [0.15, 0.2) is 0 Å². The highest BCUT2D eigenvalue weighted by molar-refractivity contribution is 7.13. The summed E-state index contributed by atoms with van der Waals surface area (Å²) in [6.07, 6.45) is 0.394. The van der Waals surface area contributed by atoms with Crippen LogP contribution in [-0.4, -0.2) is 7.11 Å². The zero-order valence-corrected chi connectivity index (χ0v) is 13.9. The van der Waals surface area contributed by atoms with E-state index in [0.29, 0.717) is 17.1 Å². The topological polar surface area (TPSA) is 49.4 Å². The molecule has 124 valence electrons. The molecule has 0 aliphatic carbocycles. The third-order valence-corrected chi connectivity index (χ3v) is 4.64. The van der Waals surface area contributed by atoms with E-state index >= 15 is 0 Å². The summed E-state index contributed by atoms with van der Waals surface area (Å²) in [6, 6.07) is 11.3. The van der Waals surface area contributed by atoms with E-state index in [-0.39, 0.29) is 5.92 Å². The lowest BCUT2D eigenvalue weighted by Gasteiger charge is -2.15. The van der Waals surface area contributed by atoms with Crippen LogP contribution in [0.1, 0.15) is 22.7 Å². The van der Waals surface area contributed by atoms with Crippen LogP contribution in [-0.2, 0) is 6.42 Å². The first kappa shape index (κ1) is 16.4. The average molecular weight is 347 g/mol. The summed E-state index contributed by atoms with van der Waals surface area (Å²) in [5.41, 5.74) is 8.15. The summed E-state index contributed by atoms with van der Waals surface area (Å²) in [5, 5.41) is 2.51. The number of aromatic amines is 1. The van der Waals surface area contributed by atoms with E-state index in [4.69, 9.17) is 10.5 Å². The summed E-state index contributed by atoms with van der Waals surface area (Å²) >= 11 is 1.40. The maximum absolute atomic E-state index is 14.1. The van der Waals surface area contributed by atoms with Gasteiger partial charge in [-0.2, -0.15) is 0 Å². The van der Waals surface area contributed by atoms with Gasteiger partial charge in [-0.25, -0.2) is 13.8 Å². The van der Waals surface area contributed by atoms with Gasteiger partial charge in [-0.15, -0.1) is 0 Å². The minimum absolute atomic E-state index is 0.121. The average Bonchev–Trinajstić information content (AvgIpc) is 3.00. The van der Waals surface area contributed by atoms with Crippen LogP contribution in [0.25, 0.3) is 0 Å². The van der Waals surface area contributed by atoms with Crippen molar-refractivity contribution in [3.63, 3.8) is 0 Å². The van der Waals surface area contributed by atoms with Crippen molar-refractivity contribution in [3.05, 3.63) is 76.3 Å². The second kappa shape index (κ2) is 6.97. The van der Waals surface area contributed by atoms with Gasteiger partial charge in [0, 0.05) is 11.4 Å². The van der Waals surface area contributed by atoms with Gasteiger partial charge in [-0.05, 0) is 35.7 Å². The molecule has 3 nitrogen and oxygen atoms in total. The molecule has 0 amide bonds. The number of benzene rings is 2. The second-order valence-corrected chi connectivity index (χ2v) is 6.36. The van der Waals surface area contributed by atoms with Gasteiger partial charge in [0.2, 0.25) is 0 Å². The van der Waals surface area contributed by atoms with Crippen LogP contribution in [0.5, 0.6) is 5.75 Å². The number of nitrogens with one attached hydrogen (secondary N) is 1. The molecule has 1 unspecified atom stereocenters. The van der Waals surface area contributed by atoms with E-state index in [1.807, 2.05) is 29.6 Å². The fraction of sp³-hybridized carbons (Fsp3) is 0.167. The molecular formula is C18H17F2N2OS+. The fourth-order valence-electron chi connectivity index (χ4n) is 2.65. The molecule has 6 heteroatoms. The molecule has 1 atom stereocenters. The Labute approximate surface area is 142 Å². The summed E-state index contributed by atoms with van der Waals surface area (Å²) in [5.74, 6) is -0.496. The first-order valence-corrected chi connectivity index (χ1v) is 8.29. The first-order chi connectivity index (χ1) is 11.6. The summed E-state index contributed by atoms with van der Waals surface area (Å²) in [7, 11) is 1.60. The molecular weight excluding hydrogens is 330 g/mol. The summed E-state index contributed by atoms with van der Waals surface area (Å²) < 4.78 is 32.4. The van der Waals surface area contributed by atoms with Gasteiger partial charge >= 0.3 is 5.13 Å². The number of hydrogen-bond donors (Lipinski definition) is 1. The molecule has 3 N–H and O–H groups in total. The zero-order chi connectivity index (χ0) is 17.1. The van der Waals surface area contributed by atoms with Crippen LogP contribution < -0.4 is 15.5 Å². The highest BCUT2D eigenvalue weighted by atomic mass is 32.1. The Balaban J connectivity index is 1.98. The third kappa shape index (κ3) is 3.54. The molecule has 0 spiro atoms. The van der Waals surface area contributed by atoms with E-state index in [0.717, 1.165) is 23.1 Å². The number of thiazole rings is 1. The van der Waals surface area contributed by atoms with Gasteiger partial charge in [-0.1, -0.05) is 29.5 Å². The van der Waals surface area contributed by atoms with Gasteiger partial charge in [0.1, 0.15) is 23.1 Å². The standard InChI is InChI=1S/C18H16F2N2OS/c1-23-14-6-3-11(4-7-14)15(17-10-24-18(21)22-17)8-12-2-5-13(19)9-16(12)20/h2-7,9-10,15H,8H2,1H3,(H2,21,22)/p+1. The van der Waals surface area contributed by atoms with Crippen LogP contribution in [0.15, 0.2) is 47.8 Å². The fourth-order valence-corrected chi connectivity index (χ4v) is 3.30. The lowest BCUT2D eigenvalue weighted by Crippen LogP contribution is -2.17. The zero-order valence-electron chi connectivity index (χ0n) is 13.1. The molecule has 0 saturated carbocycles. The highest BCUT2D eigenvalue weighted by Crippen LogP contribution is 2.30. The Bertz CT molecular complexity index is 833. The largest absolute Gasteiger partial charge is 0.497 e. The number of ether oxygens (including phenoxy) is 1. The van der Waals surface area contributed by atoms with Gasteiger partial charge in [0.05, 0.1) is 13.0 Å². The molecule has 0 radical (unpaired) electrons. The smallest absolute Gasteiger partial charge is 0.329 e. The molecule has 1 aromatic heterocycles. The van der Waals surface area contributed by atoms with Crippen molar-refractivity contribution < 1.29 is 18.5 Å². The van der Waals surface area contributed by atoms with E-state index in [9.17, 15) is 8.78 Å². The van der Waals surface area contributed by atoms with E-state index < -0.39 is 11.6 Å². The second-order valence-electron chi connectivity index (χ2n) is 5.45. The van der Waals surface area contributed by atoms with Crippen molar-refractivity contribution in [2.24, 2.45) is 0 Å². The maximum Gasteiger partial charge on any atom is 0.329 e. The number of H-pyrrole nitrogens is 1. The summed E-state index contributed by atoms with van der Waals surface area (Å²) in [6.45, 7) is 0. The lowest BCUT2D eigenvalue weighted by molar-refractivity contribution is -0.368. The number of nitrogen functional groups attached to an aromatic ring is 1.